The molecular weight excluding hydrogens is 408 g/mol. The van der Waals surface area contributed by atoms with Crippen LogP contribution in [0.15, 0.2) is 29.1 Å². The lowest BCUT2D eigenvalue weighted by Crippen LogP contribution is -2.45. The van der Waals surface area contributed by atoms with E-state index in [1.807, 2.05) is 25.1 Å². The topological polar surface area (TPSA) is 113 Å². The molecule has 3 unspecified atom stereocenters. The molecule has 1 saturated carbocycles. The van der Waals surface area contributed by atoms with Crippen molar-refractivity contribution in [3.05, 3.63) is 40.4 Å². The lowest BCUT2D eigenvalue weighted by molar-refractivity contribution is 0.0669. The smallest absolute Gasteiger partial charge is 0.267 e. The zero-order valence-corrected chi connectivity index (χ0v) is 18.4. The lowest BCUT2D eigenvalue weighted by Gasteiger charge is -2.37. The third-order valence-electron chi connectivity index (χ3n) is 6.68. The maximum Gasteiger partial charge on any atom is 0.267 e. The molecule has 0 radical (unpaired) electrons. The predicted molar refractivity (Wildman–Crippen MR) is 121 cm³/mol. The number of hydrogen-bond donors (Lipinski definition) is 2. The van der Waals surface area contributed by atoms with E-state index in [9.17, 15) is 9.90 Å². The zero-order chi connectivity index (χ0) is 22.1. The summed E-state index contributed by atoms with van der Waals surface area (Å²) in [5.41, 5.74) is 0.580. The molecule has 1 aliphatic carbocycles. The van der Waals surface area contributed by atoms with Gasteiger partial charge in [-0.05, 0) is 57.2 Å². The molecule has 10 heteroatoms. The van der Waals surface area contributed by atoms with Crippen LogP contribution in [0.1, 0.15) is 56.8 Å². The largest absolute Gasteiger partial charge is 0.391 e. The van der Waals surface area contributed by atoms with Crippen molar-refractivity contribution in [2.24, 2.45) is 0 Å². The number of aliphatic hydroxyl groups excluding tert-OH is 1. The van der Waals surface area contributed by atoms with E-state index in [0.717, 1.165) is 74.6 Å². The minimum atomic E-state index is -0.509. The van der Waals surface area contributed by atoms with E-state index in [1.54, 1.807) is 10.6 Å². The average Bonchev–Trinajstić information content (AvgIpc) is 3.19. The Kier molecular flexibility index (Phi) is 5.77. The van der Waals surface area contributed by atoms with Crippen molar-refractivity contribution in [2.75, 3.05) is 23.3 Å². The fourth-order valence-corrected chi connectivity index (χ4v) is 4.91. The monoisotopic (exact) mass is 438 g/mol. The molecule has 0 aromatic carbocycles. The summed E-state index contributed by atoms with van der Waals surface area (Å²) in [6, 6.07) is 7.23. The number of piperidine rings is 1. The Balaban J connectivity index is 1.35. The van der Waals surface area contributed by atoms with Crippen LogP contribution in [0.3, 0.4) is 0 Å². The first kappa shape index (κ1) is 20.9. The van der Waals surface area contributed by atoms with Crippen LogP contribution < -0.4 is 15.8 Å². The lowest BCUT2D eigenvalue weighted by atomic mass is 9.93. The summed E-state index contributed by atoms with van der Waals surface area (Å²) >= 11 is 0. The molecule has 4 heterocycles. The quantitative estimate of drug-likeness (QED) is 0.621. The second-order valence-corrected chi connectivity index (χ2v) is 8.85. The van der Waals surface area contributed by atoms with Crippen molar-refractivity contribution < 1.29 is 5.11 Å². The van der Waals surface area contributed by atoms with Crippen LogP contribution in [0, 0.1) is 6.92 Å². The van der Waals surface area contributed by atoms with Crippen molar-refractivity contribution in [2.45, 2.75) is 70.1 Å². The summed E-state index contributed by atoms with van der Waals surface area (Å²) in [6.45, 7) is 3.48. The Labute approximate surface area is 186 Å². The summed E-state index contributed by atoms with van der Waals surface area (Å²) < 4.78 is 3.25. The molecule has 0 spiro atoms. The molecular formula is C22H30N8O2. The molecule has 3 aromatic heterocycles. The standard InChI is InChI=1S/C22H30N8O2/c1-15-24-25-20-10-9-19(26-29(15)20)23-14-16-6-4-5-13-28(16)21-11-12-22(32)30(27-21)17-7-2-3-8-18(17)31/h9-12,16-18,31H,2-8,13-14H2,1H3,(H,23,26). The van der Waals surface area contributed by atoms with E-state index in [2.05, 4.69) is 25.5 Å². The number of aromatic nitrogens is 6. The van der Waals surface area contributed by atoms with Gasteiger partial charge in [0.1, 0.15) is 11.6 Å². The van der Waals surface area contributed by atoms with Crippen molar-refractivity contribution in [1.29, 1.82) is 0 Å². The fraction of sp³-hybridized carbons (Fsp3) is 0.591. The molecule has 1 saturated heterocycles. The number of hydrogen-bond acceptors (Lipinski definition) is 8. The van der Waals surface area contributed by atoms with Crippen molar-refractivity contribution >= 4 is 17.3 Å². The zero-order valence-electron chi connectivity index (χ0n) is 18.4. The number of nitrogens with zero attached hydrogens (tertiary/aromatic N) is 7. The molecule has 32 heavy (non-hydrogen) atoms. The number of rotatable bonds is 5. The highest BCUT2D eigenvalue weighted by molar-refractivity contribution is 5.45. The fourth-order valence-electron chi connectivity index (χ4n) is 4.91. The van der Waals surface area contributed by atoms with Gasteiger partial charge in [0, 0.05) is 25.2 Å². The van der Waals surface area contributed by atoms with Gasteiger partial charge >= 0.3 is 0 Å². The SMILES string of the molecule is Cc1nnc2ccc(NCC3CCCCN3c3ccc(=O)n(C4CCCCC4O)n3)nn12. The summed E-state index contributed by atoms with van der Waals surface area (Å²) in [7, 11) is 0. The third kappa shape index (κ3) is 4.06. The van der Waals surface area contributed by atoms with Crippen molar-refractivity contribution in [3.8, 4) is 0 Å². The molecule has 1 aliphatic heterocycles. The predicted octanol–water partition coefficient (Wildman–Crippen LogP) is 1.94. The number of anilines is 2. The molecule has 0 bridgehead atoms. The molecule has 3 aromatic rings. The molecule has 170 valence electrons. The van der Waals surface area contributed by atoms with Gasteiger partial charge in [0.25, 0.3) is 5.56 Å². The second kappa shape index (κ2) is 8.85. The Morgan fingerprint density at radius 3 is 2.75 bits per heavy atom. The van der Waals surface area contributed by atoms with Gasteiger partial charge in [-0.15, -0.1) is 15.3 Å². The van der Waals surface area contributed by atoms with E-state index in [-0.39, 0.29) is 17.6 Å². The number of nitrogens with one attached hydrogen (secondary N) is 1. The summed E-state index contributed by atoms with van der Waals surface area (Å²) in [4.78, 5) is 14.8. The van der Waals surface area contributed by atoms with E-state index in [0.29, 0.717) is 6.54 Å². The second-order valence-electron chi connectivity index (χ2n) is 8.85. The highest BCUT2D eigenvalue weighted by Gasteiger charge is 2.28. The molecule has 3 atom stereocenters. The summed E-state index contributed by atoms with van der Waals surface area (Å²) in [5.74, 6) is 2.32. The van der Waals surface area contributed by atoms with E-state index in [4.69, 9.17) is 5.10 Å². The van der Waals surface area contributed by atoms with Crippen molar-refractivity contribution in [1.82, 2.24) is 29.6 Å². The number of fused-ring (bicyclic) bond motifs is 1. The molecule has 2 fully saturated rings. The molecule has 10 nitrogen and oxygen atoms in total. The summed E-state index contributed by atoms with van der Waals surface area (Å²) in [5, 5.41) is 31.4. The minimum Gasteiger partial charge on any atom is -0.391 e. The maximum atomic E-state index is 12.5. The van der Waals surface area contributed by atoms with Gasteiger partial charge in [-0.25, -0.2) is 4.68 Å². The summed E-state index contributed by atoms with van der Waals surface area (Å²) in [6.07, 6.45) is 6.30. The highest BCUT2D eigenvalue weighted by atomic mass is 16.3. The average molecular weight is 439 g/mol. The molecule has 5 rings (SSSR count). The normalized spacial score (nSPS) is 24.1. The van der Waals surface area contributed by atoms with E-state index < -0.39 is 6.10 Å². The Hall–Kier alpha value is -3.01. The van der Waals surface area contributed by atoms with Gasteiger partial charge in [-0.2, -0.15) is 9.61 Å². The number of aryl methyl sites for hydroxylation is 1. The van der Waals surface area contributed by atoms with Gasteiger partial charge in [0.2, 0.25) is 0 Å². The van der Waals surface area contributed by atoms with Crippen LogP contribution >= 0.6 is 0 Å². The van der Waals surface area contributed by atoms with Crippen LogP contribution in [0.5, 0.6) is 0 Å². The molecule has 2 N–H and O–H groups in total. The Morgan fingerprint density at radius 2 is 1.88 bits per heavy atom. The van der Waals surface area contributed by atoms with Gasteiger partial charge in [-0.1, -0.05) is 12.8 Å². The first-order valence-electron chi connectivity index (χ1n) is 11.6. The van der Waals surface area contributed by atoms with Gasteiger partial charge < -0.3 is 15.3 Å². The Bertz CT molecular complexity index is 1140. The first-order valence-corrected chi connectivity index (χ1v) is 11.6. The van der Waals surface area contributed by atoms with Crippen LogP contribution in [0.25, 0.3) is 5.65 Å². The molecule has 0 amide bonds. The number of aliphatic hydroxyl groups is 1. The van der Waals surface area contributed by atoms with E-state index in [1.165, 1.54) is 4.68 Å². The highest BCUT2D eigenvalue weighted by Crippen LogP contribution is 2.28. The maximum absolute atomic E-state index is 12.5. The van der Waals surface area contributed by atoms with Gasteiger partial charge in [0.15, 0.2) is 11.5 Å². The van der Waals surface area contributed by atoms with E-state index >= 15 is 0 Å². The van der Waals surface area contributed by atoms with Crippen molar-refractivity contribution in [3.63, 3.8) is 0 Å². The van der Waals surface area contributed by atoms with Gasteiger partial charge in [0.05, 0.1) is 12.1 Å². The van der Waals surface area contributed by atoms with Crippen LogP contribution in [0.4, 0.5) is 11.6 Å². The third-order valence-corrected chi connectivity index (χ3v) is 6.68. The molecule has 2 aliphatic rings. The minimum absolute atomic E-state index is 0.145. The first-order chi connectivity index (χ1) is 15.6. The van der Waals surface area contributed by atoms with Gasteiger partial charge in [-0.3, -0.25) is 4.79 Å². The van der Waals surface area contributed by atoms with Crippen LogP contribution in [-0.2, 0) is 0 Å². The van der Waals surface area contributed by atoms with Crippen LogP contribution in [-0.4, -0.2) is 59.9 Å². The Morgan fingerprint density at radius 1 is 1.03 bits per heavy atom. The van der Waals surface area contributed by atoms with Crippen LogP contribution in [0.2, 0.25) is 0 Å².